The summed E-state index contributed by atoms with van der Waals surface area (Å²) in [6.45, 7) is 3.99. The molecule has 0 spiro atoms. The molecule has 0 bridgehead atoms. The number of rotatable bonds is 5. The largest absolute Gasteiger partial charge is 0.497 e. The van der Waals surface area contributed by atoms with E-state index in [-0.39, 0.29) is 23.9 Å². The number of piperazine rings is 1. The van der Waals surface area contributed by atoms with Crippen LogP contribution in [0, 0.1) is 0 Å². The summed E-state index contributed by atoms with van der Waals surface area (Å²) in [7, 11) is -2.02. The Labute approximate surface area is 199 Å². The summed E-state index contributed by atoms with van der Waals surface area (Å²) < 4.78 is 44.1. The Morgan fingerprint density at radius 3 is 2.47 bits per heavy atom. The molecule has 0 unspecified atom stereocenters. The molecular weight excluding hydrogens is 458 g/mol. The van der Waals surface area contributed by atoms with E-state index in [1.807, 2.05) is 12.1 Å². The smallest absolute Gasteiger partial charge is 0.243 e. The number of ether oxygens (including phenoxy) is 3. The van der Waals surface area contributed by atoms with Crippen LogP contribution in [0.15, 0.2) is 41.3 Å². The predicted molar refractivity (Wildman–Crippen MR) is 125 cm³/mol. The number of benzene rings is 2. The summed E-state index contributed by atoms with van der Waals surface area (Å²) in [5.41, 5.74) is 2.48. The van der Waals surface area contributed by atoms with Crippen LogP contribution in [-0.4, -0.2) is 88.0 Å². The minimum absolute atomic E-state index is 0.0303. The van der Waals surface area contributed by atoms with E-state index in [2.05, 4.69) is 11.0 Å². The van der Waals surface area contributed by atoms with Crippen molar-refractivity contribution in [3.8, 4) is 17.2 Å². The molecule has 10 heteroatoms. The zero-order valence-electron chi connectivity index (χ0n) is 19.2. The van der Waals surface area contributed by atoms with Gasteiger partial charge in [0.1, 0.15) is 19.0 Å². The highest BCUT2D eigenvalue weighted by molar-refractivity contribution is 7.89. The minimum Gasteiger partial charge on any atom is -0.497 e. The Hall–Kier alpha value is -2.82. The van der Waals surface area contributed by atoms with Crippen LogP contribution in [0.1, 0.15) is 11.1 Å². The number of methoxy groups -OCH3 is 1. The first-order valence-corrected chi connectivity index (χ1v) is 12.9. The highest BCUT2D eigenvalue weighted by Crippen LogP contribution is 2.33. The Morgan fingerprint density at radius 2 is 1.71 bits per heavy atom. The number of amides is 1. The van der Waals surface area contributed by atoms with Crippen molar-refractivity contribution in [1.29, 1.82) is 0 Å². The van der Waals surface area contributed by atoms with E-state index in [0.29, 0.717) is 50.9 Å². The van der Waals surface area contributed by atoms with E-state index in [0.717, 1.165) is 18.7 Å². The third-order valence-electron chi connectivity index (χ3n) is 6.61. The second-order valence-corrected chi connectivity index (χ2v) is 10.6. The number of nitrogens with zero attached hydrogens (tertiary/aromatic N) is 3. The van der Waals surface area contributed by atoms with Crippen LogP contribution < -0.4 is 14.2 Å². The van der Waals surface area contributed by atoms with Crippen molar-refractivity contribution in [2.24, 2.45) is 0 Å². The van der Waals surface area contributed by atoms with Crippen molar-refractivity contribution in [3.63, 3.8) is 0 Å². The Bertz CT molecular complexity index is 1180. The molecule has 1 saturated heterocycles. The lowest BCUT2D eigenvalue weighted by atomic mass is 9.99. The summed E-state index contributed by atoms with van der Waals surface area (Å²) in [6.07, 6.45) is 0.897. The van der Waals surface area contributed by atoms with E-state index >= 15 is 0 Å². The van der Waals surface area contributed by atoms with Crippen LogP contribution in [0.4, 0.5) is 0 Å². The minimum atomic E-state index is -3.67. The summed E-state index contributed by atoms with van der Waals surface area (Å²) in [4.78, 5) is 17.0. The monoisotopic (exact) mass is 487 g/mol. The van der Waals surface area contributed by atoms with Gasteiger partial charge in [0, 0.05) is 45.3 Å². The molecular formula is C24H29N3O6S. The summed E-state index contributed by atoms with van der Waals surface area (Å²) in [5.74, 6) is 1.85. The van der Waals surface area contributed by atoms with Gasteiger partial charge in [0.15, 0.2) is 11.5 Å². The first-order valence-electron chi connectivity index (χ1n) is 11.5. The maximum atomic E-state index is 13.1. The van der Waals surface area contributed by atoms with Crippen molar-refractivity contribution in [2.75, 3.05) is 59.6 Å². The highest BCUT2D eigenvalue weighted by Gasteiger charge is 2.32. The molecule has 182 valence electrons. The van der Waals surface area contributed by atoms with Gasteiger partial charge in [-0.3, -0.25) is 9.69 Å². The van der Waals surface area contributed by atoms with E-state index in [1.165, 1.54) is 21.5 Å². The Kier molecular flexibility index (Phi) is 6.37. The zero-order valence-corrected chi connectivity index (χ0v) is 20.1. The average Bonchev–Trinajstić information content (AvgIpc) is 2.88. The molecule has 0 aromatic heterocycles. The topological polar surface area (TPSA) is 88.6 Å². The molecule has 0 aliphatic carbocycles. The van der Waals surface area contributed by atoms with Crippen LogP contribution in [0.25, 0.3) is 0 Å². The highest BCUT2D eigenvalue weighted by atomic mass is 32.2. The average molecular weight is 488 g/mol. The van der Waals surface area contributed by atoms with Crippen molar-refractivity contribution in [1.82, 2.24) is 14.1 Å². The molecule has 0 saturated carbocycles. The molecule has 3 aliphatic rings. The van der Waals surface area contributed by atoms with E-state index in [4.69, 9.17) is 14.2 Å². The second-order valence-electron chi connectivity index (χ2n) is 8.69. The number of hydrogen-bond donors (Lipinski definition) is 0. The summed E-state index contributed by atoms with van der Waals surface area (Å²) in [6, 6.07) is 10.8. The fourth-order valence-electron chi connectivity index (χ4n) is 4.66. The summed E-state index contributed by atoms with van der Waals surface area (Å²) >= 11 is 0. The van der Waals surface area contributed by atoms with E-state index in [1.54, 1.807) is 24.1 Å². The van der Waals surface area contributed by atoms with Crippen LogP contribution >= 0.6 is 0 Å². The lowest BCUT2D eigenvalue weighted by molar-refractivity contribution is -0.133. The van der Waals surface area contributed by atoms with Gasteiger partial charge >= 0.3 is 0 Å². The van der Waals surface area contributed by atoms with Crippen LogP contribution in [0.3, 0.4) is 0 Å². The predicted octanol–water partition coefficient (Wildman–Crippen LogP) is 1.36. The van der Waals surface area contributed by atoms with Gasteiger partial charge in [-0.2, -0.15) is 4.31 Å². The molecule has 0 N–H and O–H groups in total. The fraction of sp³-hybridized carbons (Fsp3) is 0.458. The van der Waals surface area contributed by atoms with Gasteiger partial charge in [-0.25, -0.2) is 8.42 Å². The number of carbonyl (C=O) groups is 1. The van der Waals surface area contributed by atoms with E-state index < -0.39 is 10.0 Å². The first-order chi connectivity index (χ1) is 16.4. The molecule has 5 rings (SSSR count). The molecule has 1 fully saturated rings. The Morgan fingerprint density at radius 1 is 0.941 bits per heavy atom. The normalized spacial score (nSPS) is 18.9. The van der Waals surface area contributed by atoms with Gasteiger partial charge < -0.3 is 19.1 Å². The van der Waals surface area contributed by atoms with Crippen molar-refractivity contribution in [3.05, 3.63) is 47.5 Å². The number of carbonyl (C=O) groups excluding carboxylic acids is 1. The lowest BCUT2D eigenvalue weighted by Crippen LogP contribution is -2.52. The molecule has 9 nitrogen and oxygen atoms in total. The third kappa shape index (κ3) is 4.57. The Balaban J connectivity index is 1.18. The molecule has 0 radical (unpaired) electrons. The van der Waals surface area contributed by atoms with Gasteiger partial charge in [-0.1, -0.05) is 6.07 Å². The molecule has 1 amide bonds. The fourth-order valence-corrected chi connectivity index (χ4v) is 6.09. The van der Waals surface area contributed by atoms with Gasteiger partial charge in [-0.15, -0.1) is 0 Å². The van der Waals surface area contributed by atoms with Gasteiger partial charge in [-0.05, 0) is 41.8 Å². The molecule has 34 heavy (non-hydrogen) atoms. The number of sulfonamides is 1. The van der Waals surface area contributed by atoms with Crippen LogP contribution in [0.2, 0.25) is 0 Å². The van der Waals surface area contributed by atoms with Crippen LogP contribution in [0.5, 0.6) is 17.2 Å². The maximum absolute atomic E-state index is 13.1. The van der Waals surface area contributed by atoms with Crippen LogP contribution in [-0.2, 0) is 27.8 Å². The quantitative estimate of drug-likeness (QED) is 0.629. The van der Waals surface area contributed by atoms with Gasteiger partial charge in [0.05, 0.1) is 18.6 Å². The first kappa shape index (κ1) is 22.9. The van der Waals surface area contributed by atoms with Gasteiger partial charge in [0.25, 0.3) is 0 Å². The van der Waals surface area contributed by atoms with Gasteiger partial charge in [0.2, 0.25) is 15.9 Å². The molecule has 0 atom stereocenters. The molecule has 2 aromatic carbocycles. The molecule has 3 heterocycles. The van der Waals surface area contributed by atoms with Crippen molar-refractivity contribution in [2.45, 2.75) is 17.9 Å². The third-order valence-corrected chi connectivity index (χ3v) is 8.50. The molecule has 2 aromatic rings. The second kappa shape index (κ2) is 9.44. The lowest BCUT2D eigenvalue weighted by Gasteiger charge is -2.36. The maximum Gasteiger partial charge on any atom is 0.243 e. The number of fused-ring (bicyclic) bond motifs is 2. The standard InChI is InChI=1S/C24H29N3O6S/c1-31-20-3-2-18-6-7-25(16-19(18)14-20)17-24(28)26-8-10-27(11-9-26)34(29,30)21-4-5-22-23(15-21)33-13-12-32-22/h2-5,14-15H,6-13,16-17H2,1H3. The van der Waals surface area contributed by atoms with Crippen molar-refractivity contribution < 1.29 is 27.4 Å². The SMILES string of the molecule is COc1ccc2c(c1)CN(CC(=O)N1CCN(S(=O)(=O)c3ccc4c(c3)OCCO4)CC1)CC2. The molecule has 3 aliphatic heterocycles. The summed E-state index contributed by atoms with van der Waals surface area (Å²) in [5, 5.41) is 0. The zero-order chi connectivity index (χ0) is 23.7. The number of hydrogen-bond acceptors (Lipinski definition) is 7. The van der Waals surface area contributed by atoms with E-state index in [9.17, 15) is 13.2 Å². The van der Waals surface area contributed by atoms with Crippen molar-refractivity contribution >= 4 is 15.9 Å².